The van der Waals surface area contributed by atoms with Gasteiger partial charge in [0.15, 0.2) is 5.78 Å². The minimum absolute atomic E-state index is 0.0790. The zero-order chi connectivity index (χ0) is 12.6. The predicted octanol–water partition coefficient (Wildman–Crippen LogP) is 3.44. The SMILES string of the molecule is CCOP(=O)(OCC)SCC(=O)C=C(C)C. The maximum absolute atomic E-state index is 11.9. The summed E-state index contributed by atoms with van der Waals surface area (Å²) in [5.74, 6) is 0.0345. The highest BCUT2D eigenvalue weighted by Crippen LogP contribution is 2.60. The highest BCUT2D eigenvalue weighted by atomic mass is 32.7. The molecule has 0 rings (SSSR count). The van der Waals surface area contributed by atoms with E-state index in [4.69, 9.17) is 9.05 Å². The van der Waals surface area contributed by atoms with Crippen LogP contribution in [0, 0.1) is 0 Å². The molecule has 0 aliphatic carbocycles. The van der Waals surface area contributed by atoms with E-state index in [1.807, 2.05) is 13.8 Å². The first kappa shape index (κ1) is 15.9. The van der Waals surface area contributed by atoms with Crippen molar-refractivity contribution in [3.8, 4) is 0 Å². The monoisotopic (exact) mass is 266 g/mol. The van der Waals surface area contributed by atoms with Crippen LogP contribution in [0.2, 0.25) is 0 Å². The molecule has 0 unspecified atom stereocenters. The third kappa shape index (κ3) is 7.23. The number of ketones is 1. The van der Waals surface area contributed by atoms with Crippen LogP contribution in [0.1, 0.15) is 27.7 Å². The average molecular weight is 266 g/mol. The quantitative estimate of drug-likeness (QED) is 0.497. The van der Waals surface area contributed by atoms with Crippen LogP contribution in [0.15, 0.2) is 11.6 Å². The van der Waals surface area contributed by atoms with E-state index in [1.165, 1.54) is 6.08 Å². The zero-order valence-electron chi connectivity index (χ0n) is 10.2. The molecule has 0 spiro atoms. The van der Waals surface area contributed by atoms with Crippen molar-refractivity contribution in [2.24, 2.45) is 0 Å². The lowest BCUT2D eigenvalue weighted by Crippen LogP contribution is -2.00. The van der Waals surface area contributed by atoms with Gasteiger partial charge in [-0.2, -0.15) is 0 Å². The molecule has 0 aliphatic heterocycles. The number of rotatable bonds is 8. The largest absolute Gasteiger partial charge is 0.389 e. The average Bonchev–Trinajstić information content (AvgIpc) is 2.15. The zero-order valence-corrected chi connectivity index (χ0v) is 11.9. The van der Waals surface area contributed by atoms with Crippen LogP contribution in [0.25, 0.3) is 0 Å². The van der Waals surface area contributed by atoms with Crippen LogP contribution in [0.5, 0.6) is 0 Å². The molecule has 0 aliphatic rings. The second-order valence-electron chi connectivity index (χ2n) is 3.24. The van der Waals surface area contributed by atoms with E-state index in [1.54, 1.807) is 13.8 Å². The number of hydrogen-bond acceptors (Lipinski definition) is 5. The maximum Gasteiger partial charge on any atom is 0.389 e. The van der Waals surface area contributed by atoms with E-state index in [0.717, 1.165) is 17.0 Å². The van der Waals surface area contributed by atoms with Gasteiger partial charge in [0.25, 0.3) is 0 Å². The summed E-state index contributed by atoms with van der Waals surface area (Å²) in [5.41, 5.74) is 0.924. The van der Waals surface area contributed by atoms with E-state index >= 15 is 0 Å². The number of carbonyl (C=O) groups excluding carboxylic acids is 1. The summed E-state index contributed by atoms with van der Waals surface area (Å²) >= 11 is 0.940. The number of carbonyl (C=O) groups is 1. The molecule has 16 heavy (non-hydrogen) atoms. The Kier molecular flexibility index (Phi) is 8.02. The Hall–Kier alpha value is -0.0900. The Bertz CT molecular complexity index is 287. The number of hydrogen-bond donors (Lipinski definition) is 0. The van der Waals surface area contributed by atoms with E-state index in [-0.39, 0.29) is 11.5 Å². The van der Waals surface area contributed by atoms with Gasteiger partial charge in [0.05, 0.1) is 19.0 Å². The first-order chi connectivity index (χ1) is 7.43. The minimum atomic E-state index is -3.15. The van der Waals surface area contributed by atoms with Crippen molar-refractivity contribution in [3.05, 3.63) is 11.6 Å². The summed E-state index contributed by atoms with van der Waals surface area (Å²) in [6, 6.07) is 0. The molecule has 0 saturated carbocycles. The van der Waals surface area contributed by atoms with Crippen LogP contribution >= 0.6 is 18.2 Å². The fourth-order valence-corrected chi connectivity index (χ4v) is 4.09. The van der Waals surface area contributed by atoms with Crippen LogP contribution in [0.3, 0.4) is 0 Å². The molecule has 0 heterocycles. The predicted molar refractivity (Wildman–Crippen MR) is 67.8 cm³/mol. The molecule has 0 saturated heterocycles. The lowest BCUT2D eigenvalue weighted by atomic mass is 10.3. The lowest BCUT2D eigenvalue weighted by molar-refractivity contribution is -0.112. The summed E-state index contributed by atoms with van der Waals surface area (Å²) < 4.78 is 22.0. The van der Waals surface area contributed by atoms with Gasteiger partial charge in [0.1, 0.15) is 0 Å². The van der Waals surface area contributed by atoms with Crippen molar-refractivity contribution >= 4 is 24.0 Å². The molecule has 0 aromatic heterocycles. The van der Waals surface area contributed by atoms with E-state index in [2.05, 4.69) is 0 Å². The van der Waals surface area contributed by atoms with Gasteiger partial charge in [0.2, 0.25) is 0 Å². The van der Waals surface area contributed by atoms with Crippen LogP contribution < -0.4 is 0 Å². The summed E-state index contributed by atoms with van der Waals surface area (Å²) in [4.78, 5) is 11.4. The van der Waals surface area contributed by atoms with Gasteiger partial charge in [0, 0.05) is 0 Å². The molecule has 0 atom stereocenters. The van der Waals surface area contributed by atoms with Crippen LogP contribution in [-0.4, -0.2) is 24.7 Å². The van der Waals surface area contributed by atoms with Crippen molar-refractivity contribution in [3.63, 3.8) is 0 Å². The molecule has 0 N–H and O–H groups in total. The molecule has 0 aromatic rings. The molecule has 0 aromatic carbocycles. The fraction of sp³-hybridized carbons (Fsp3) is 0.700. The van der Waals surface area contributed by atoms with Crippen molar-refractivity contribution in [1.29, 1.82) is 0 Å². The van der Waals surface area contributed by atoms with Gasteiger partial charge in [-0.05, 0) is 45.2 Å². The highest BCUT2D eigenvalue weighted by molar-refractivity contribution is 8.55. The first-order valence-corrected chi connectivity index (χ1v) is 8.28. The van der Waals surface area contributed by atoms with E-state index in [9.17, 15) is 9.36 Å². The summed E-state index contributed by atoms with van der Waals surface area (Å²) in [7, 11) is 0. The van der Waals surface area contributed by atoms with E-state index < -0.39 is 6.80 Å². The smallest absolute Gasteiger partial charge is 0.301 e. The lowest BCUT2D eigenvalue weighted by Gasteiger charge is -2.14. The van der Waals surface area contributed by atoms with Gasteiger partial charge in [-0.25, -0.2) is 4.57 Å². The highest BCUT2D eigenvalue weighted by Gasteiger charge is 2.25. The molecule has 0 fully saturated rings. The minimum Gasteiger partial charge on any atom is -0.301 e. The molecule has 0 radical (unpaired) electrons. The molecule has 0 amide bonds. The van der Waals surface area contributed by atoms with Crippen molar-refractivity contribution in [2.75, 3.05) is 19.0 Å². The summed E-state index contributed by atoms with van der Waals surface area (Å²) in [5, 5.41) is 0. The van der Waals surface area contributed by atoms with Gasteiger partial charge in [-0.1, -0.05) is 5.57 Å². The standard InChI is InChI=1S/C10H19O4PS/c1-5-13-15(12,14-6-2)16-8-10(11)7-9(3)4/h7H,5-6,8H2,1-4H3. The Morgan fingerprint density at radius 1 is 1.25 bits per heavy atom. The molecule has 0 bridgehead atoms. The van der Waals surface area contributed by atoms with Crippen molar-refractivity contribution < 1.29 is 18.4 Å². The fourth-order valence-electron chi connectivity index (χ4n) is 0.934. The van der Waals surface area contributed by atoms with Crippen LogP contribution in [0.4, 0.5) is 0 Å². The maximum atomic E-state index is 11.9. The van der Waals surface area contributed by atoms with Gasteiger partial charge in [-0.3, -0.25) is 4.79 Å². The normalized spacial score (nSPS) is 11.2. The molecule has 6 heteroatoms. The van der Waals surface area contributed by atoms with Crippen LogP contribution in [-0.2, 0) is 18.4 Å². The van der Waals surface area contributed by atoms with Gasteiger partial charge >= 0.3 is 6.80 Å². The first-order valence-electron chi connectivity index (χ1n) is 5.15. The van der Waals surface area contributed by atoms with Gasteiger partial charge < -0.3 is 9.05 Å². The summed E-state index contributed by atoms with van der Waals surface area (Å²) in [6.45, 7) is 4.62. The third-order valence-electron chi connectivity index (χ3n) is 1.39. The summed E-state index contributed by atoms with van der Waals surface area (Å²) in [6.07, 6.45) is 1.52. The topological polar surface area (TPSA) is 52.6 Å². The Labute approximate surface area is 101 Å². The molecular weight excluding hydrogens is 247 g/mol. The van der Waals surface area contributed by atoms with E-state index in [0.29, 0.717) is 13.2 Å². The van der Waals surface area contributed by atoms with Gasteiger partial charge in [-0.15, -0.1) is 0 Å². The second-order valence-corrected chi connectivity index (χ2v) is 7.32. The molecular formula is C10H19O4PS. The Morgan fingerprint density at radius 3 is 2.12 bits per heavy atom. The third-order valence-corrected chi connectivity index (χ3v) is 5.24. The van der Waals surface area contributed by atoms with Crippen molar-refractivity contribution in [1.82, 2.24) is 0 Å². The molecule has 94 valence electrons. The Balaban J connectivity index is 4.27. The van der Waals surface area contributed by atoms with Crippen molar-refractivity contribution in [2.45, 2.75) is 27.7 Å². The second kappa shape index (κ2) is 8.07. The Morgan fingerprint density at radius 2 is 1.75 bits per heavy atom. The number of allylic oxidation sites excluding steroid dienone is 2. The molecule has 4 nitrogen and oxygen atoms in total.